The lowest BCUT2D eigenvalue weighted by Gasteiger charge is -2.21. The highest BCUT2D eigenvalue weighted by Gasteiger charge is 2.36. The van der Waals surface area contributed by atoms with Crippen LogP contribution in [0.2, 0.25) is 5.02 Å². The smallest absolute Gasteiger partial charge is 0.293 e. The summed E-state index contributed by atoms with van der Waals surface area (Å²) < 4.78 is 1.69. The Labute approximate surface area is 153 Å². The van der Waals surface area contributed by atoms with Crippen LogP contribution in [0.5, 0.6) is 0 Å². The number of amides is 1. The average molecular weight is 362 g/mol. The standard InChI is InChI=1S/C18H24ClN5O/c1-3-6-15-21-16(17(25)23-10-9-18(2,11-20)12-23)22-24(15)14-8-5-4-7-13(14)19/h4-5,7-8H,3,6,9-12,20H2,1-2H3. The Morgan fingerprint density at radius 3 is 2.80 bits per heavy atom. The number of carbonyl (C=O) groups is 1. The minimum Gasteiger partial charge on any atom is -0.335 e. The summed E-state index contributed by atoms with van der Waals surface area (Å²) in [4.78, 5) is 19.2. The van der Waals surface area contributed by atoms with Crippen molar-refractivity contribution in [2.24, 2.45) is 11.1 Å². The largest absolute Gasteiger partial charge is 0.335 e. The molecule has 0 saturated carbocycles. The number of aryl methyl sites for hydroxylation is 1. The second kappa shape index (κ2) is 7.14. The molecule has 2 aromatic rings. The third-order valence-corrected chi connectivity index (χ3v) is 5.08. The maximum Gasteiger partial charge on any atom is 0.293 e. The van der Waals surface area contributed by atoms with Gasteiger partial charge in [0.25, 0.3) is 5.91 Å². The number of rotatable bonds is 5. The van der Waals surface area contributed by atoms with E-state index in [0.717, 1.165) is 30.8 Å². The summed E-state index contributed by atoms with van der Waals surface area (Å²) in [6.07, 6.45) is 2.54. The minimum absolute atomic E-state index is 0.0206. The molecule has 25 heavy (non-hydrogen) atoms. The summed E-state index contributed by atoms with van der Waals surface area (Å²) in [5.41, 5.74) is 6.56. The Kier molecular flexibility index (Phi) is 5.11. The Balaban J connectivity index is 1.92. The van der Waals surface area contributed by atoms with Crippen LogP contribution in [0.3, 0.4) is 0 Å². The Morgan fingerprint density at radius 1 is 1.40 bits per heavy atom. The molecule has 1 aromatic heterocycles. The molecule has 7 heteroatoms. The molecule has 1 atom stereocenters. The van der Waals surface area contributed by atoms with E-state index in [9.17, 15) is 4.79 Å². The highest BCUT2D eigenvalue weighted by molar-refractivity contribution is 6.32. The predicted molar refractivity (Wildman–Crippen MR) is 98.0 cm³/mol. The molecule has 3 rings (SSSR count). The first-order valence-electron chi connectivity index (χ1n) is 8.67. The molecule has 1 fully saturated rings. The van der Waals surface area contributed by atoms with Gasteiger partial charge in [0.1, 0.15) is 5.82 Å². The second-order valence-corrected chi connectivity index (χ2v) is 7.36. The average Bonchev–Trinajstić information content (AvgIpc) is 3.20. The van der Waals surface area contributed by atoms with Crippen molar-refractivity contribution in [3.63, 3.8) is 0 Å². The van der Waals surface area contributed by atoms with Gasteiger partial charge in [-0.1, -0.05) is 37.6 Å². The molecule has 1 saturated heterocycles. The van der Waals surface area contributed by atoms with Crippen molar-refractivity contribution in [3.05, 3.63) is 40.9 Å². The van der Waals surface area contributed by atoms with Gasteiger partial charge >= 0.3 is 0 Å². The van der Waals surface area contributed by atoms with Crippen molar-refractivity contribution in [3.8, 4) is 5.69 Å². The van der Waals surface area contributed by atoms with Crippen LogP contribution in [0.25, 0.3) is 5.69 Å². The van der Waals surface area contributed by atoms with E-state index >= 15 is 0 Å². The Hall–Kier alpha value is -1.92. The monoisotopic (exact) mass is 361 g/mol. The van der Waals surface area contributed by atoms with Crippen LogP contribution < -0.4 is 5.73 Å². The lowest BCUT2D eigenvalue weighted by molar-refractivity contribution is 0.0765. The molecule has 6 nitrogen and oxygen atoms in total. The van der Waals surface area contributed by atoms with Gasteiger partial charge in [-0.15, -0.1) is 5.10 Å². The molecule has 1 aliphatic heterocycles. The fourth-order valence-electron chi connectivity index (χ4n) is 3.14. The van der Waals surface area contributed by atoms with Crippen molar-refractivity contribution < 1.29 is 4.79 Å². The van der Waals surface area contributed by atoms with Crippen LogP contribution in [0, 0.1) is 5.41 Å². The molecule has 134 valence electrons. The number of nitrogens with zero attached hydrogens (tertiary/aromatic N) is 4. The topological polar surface area (TPSA) is 77.0 Å². The third-order valence-electron chi connectivity index (χ3n) is 4.76. The highest BCUT2D eigenvalue weighted by atomic mass is 35.5. The number of hydrogen-bond acceptors (Lipinski definition) is 4. The first-order chi connectivity index (χ1) is 12.0. The molecule has 0 spiro atoms. The number of likely N-dealkylation sites (tertiary alicyclic amines) is 1. The number of halogens is 1. The van der Waals surface area contributed by atoms with E-state index in [4.69, 9.17) is 17.3 Å². The van der Waals surface area contributed by atoms with Crippen molar-refractivity contribution in [2.75, 3.05) is 19.6 Å². The third kappa shape index (κ3) is 3.55. The molecule has 0 aliphatic carbocycles. The van der Waals surface area contributed by atoms with Gasteiger partial charge in [0.05, 0.1) is 10.7 Å². The van der Waals surface area contributed by atoms with Crippen LogP contribution in [0.1, 0.15) is 43.1 Å². The van der Waals surface area contributed by atoms with Crippen molar-refractivity contribution in [1.29, 1.82) is 0 Å². The van der Waals surface area contributed by atoms with Gasteiger partial charge in [-0.05, 0) is 36.9 Å². The van der Waals surface area contributed by atoms with E-state index in [-0.39, 0.29) is 17.1 Å². The Bertz CT molecular complexity index is 775. The number of aromatic nitrogens is 3. The van der Waals surface area contributed by atoms with Crippen LogP contribution >= 0.6 is 11.6 Å². The quantitative estimate of drug-likeness (QED) is 0.888. The van der Waals surface area contributed by atoms with Crippen molar-refractivity contribution in [2.45, 2.75) is 33.1 Å². The molecule has 2 heterocycles. The number of para-hydroxylation sites is 1. The van der Waals surface area contributed by atoms with Gasteiger partial charge in [0, 0.05) is 19.5 Å². The minimum atomic E-state index is -0.139. The van der Waals surface area contributed by atoms with Gasteiger partial charge in [0.15, 0.2) is 0 Å². The fraction of sp³-hybridized carbons (Fsp3) is 0.500. The molecule has 2 N–H and O–H groups in total. The summed E-state index contributed by atoms with van der Waals surface area (Å²) in [6.45, 7) is 6.08. The summed E-state index contributed by atoms with van der Waals surface area (Å²) in [5, 5.41) is 5.06. The first kappa shape index (κ1) is 17.9. The summed E-state index contributed by atoms with van der Waals surface area (Å²) in [5.74, 6) is 0.838. The van der Waals surface area contributed by atoms with E-state index in [2.05, 4.69) is 23.9 Å². The second-order valence-electron chi connectivity index (χ2n) is 6.96. The number of carbonyl (C=O) groups excluding carboxylic acids is 1. The zero-order valence-corrected chi connectivity index (χ0v) is 15.5. The Morgan fingerprint density at radius 2 is 2.16 bits per heavy atom. The van der Waals surface area contributed by atoms with Crippen molar-refractivity contribution >= 4 is 17.5 Å². The van der Waals surface area contributed by atoms with E-state index in [0.29, 0.717) is 24.7 Å². The van der Waals surface area contributed by atoms with Gasteiger partial charge in [-0.3, -0.25) is 4.79 Å². The van der Waals surface area contributed by atoms with Gasteiger partial charge in [-0.2, -0.15) is 0 Å². The van der Waals surface area contributed by atoms with E-state index < -0.39 is 0 Å². The fourth-order valence-corrected chi connectivity index (χ4v) is 3.36. The van der Waals surface area contributed by atoms with Crippen LogP contribution in [-0.4, -0.2) is 45.2 Å². The normalized spacial score (nSPS) is 20.2. The first-order valence-corrected chi connectivity index (χ1v) is 9.05. The van der Waals surface area contributed by atoms with Gasteiger partial charge in [0.2, 0.25) is 5.82 Å². The molecule has 1 aliphatic rings. The lowest BCUT2D eigenvalue weighted by Crippen LogP contribution is -2.35. The molecular formula is C18H24ClN5O. The van der Waals surface area contributed by atoms with E-state index in [1.807, 2.05) is 24.3 Å². The zero-order valence-electron chi connectivity index (χ0n) is 14.7. The number of hydrogen-bond donors (Lipinski definition) is 1. The van der Waals surface area contributed by atoms with Crippen LogP contribution in [-0.2, 0) is 6.42 Å². The predicted octanol–water partition coefficient (Wildman–Crippen LogP) is 2.68. The lowest BCUT2D eigenvalue weighted by atomic mass is 9.90. The molecule has 1 amide bonds. The molecule has 0 bridgehead atoms. The van der Waals surface area contributed by atoms with E-state index in [1.165, 1.54) is 0 Å². The highest BCUT2D eigenvalue weighted by Crippen LogP contribution is 2.29. The van der Waals surface area contributed by atoms with E-state index in [1.54, 1.807) is 9.58 Å². The molecule has 0 radical (unpaired) electrons. The van der Waals surface area contributed by atoms with Gasteiger partial charge < -0.3 is 10.6 Å². The van der Waals surface area contributed by atoms with Gasteiger partial charge in [-0.25, -0.2) is 9.67 Å². The summed E-state index contributed by atoms with van der Waals surface area (Å²) in [6, 6.07) is 7.45. The number of benzene rings is 1. The number of nitrogens with two attached hydrogens (primary N) is 1. The van der Waals surface area contributed by atoms with Crippen LogP contribution in [0.15, 0.2) is 24.3 Å². The SMILES string of the molecule is CCCc1nc(C(=O)N2CCC(C)(CN)C2)nn1-c1ccccc1Cl. The summed E-state index contributed by atoms with van der Waals surface area (Å²) >= 11 is 6.31. The zero-order chi connectivity index (χ0) is 18.0. The van der Waals surface area contributed by atoms with Crippen molar-refractivity contribution in [1.82, 2.24) is 19.7 Å². The molecular weight excluding hydrogens is 338 g/mol. The maximum atomic E-state index is 12.9. The van der Waals surface area contributed by atoms with Crippen LogP contribution in [0.4, 0.5) is 0 Å². The molecule has 1 aromatic carbocycles. The molecule has 1 unspecified atom stereocenters. The maximum absolute atomic E-state index is 12.9. The summed E-state index contributed by atoms with van der Waals surface area (Å²) in [7, 11) is 0.